The fourth-order valence-electron chi connectivity index (χ4n) is 4.28. The van der Waals surface area contributed by atoms with Crippen LogP contribution in [0.4, 0.5) is 0 Å². The van der Waals surface area contributed by atoms with Crippen molar-refractivity contribution in [2.45, 2.75) is 25.4 Å². The minimum absolute atomic E-state index is 0.121. The van der Waals surface area contributed by atoms with Gasteiger partial charge < -0.3 is 19.2 Å². The topological polar surface area (TPSA) is 62.9 Å². The van der Waals surface area contributed by atoms with Gasteiger partial charge in [0, 0.05) is 29.7 Å². The highest BCUT2D eigenvalue weighted by molar-refractivity contribution is 6.33. The Hall–Kier alpha value is -2.34. The van der Waals surface area contributed by atoms with Crippen molar-refractivity contribution in [2.24, 2.45) is 0 Å². The summed E-state index contributed by atoms with van der Waals surface area (Å²) < 4.78 is 11.8. The lowest BCUT2D eigenvalue weighted by Gasteiger charge is -2.35. The molecule has 0 amide bonds. The number of β-amino-alcohol motifs (C(OH)–C–C–N with tert-alkyl or cyclic N) is 1. The number of aliphatic hydroxyl groups is 1. The molecule has 5 nitrogen and oxygen atoms in total. The zero-order chi connectivity index (χ0) is 20.7. The molecule has 0 bridgehead atoms. The second kappa shape index (κ2) is 7.82. The van der Waals surface area contributed by atoms with Gasteiger partial charge in [0.1, 0.15) is 22.5 Å². The first-order valence-corrected chi connectivity index (χ1v) is 10.1. The number of aliphatic hydroxyl groups excluding tert-OH is 1. The number of nitrogens with zero attached hydrogens (tertiary/aromatic N) is 1. The van der Waals surface area contributed by atoms with Crippen molar-refractivity contribution >= 4 is 22.6 Å². The predicted octanol–water partition coefficient (Wildman–Crippen LogP) is 4.21. The van der Waals surface area contributed by atoms with Gasteiger partial charge in [-0.2, -0.15) is 0 Å². The molecular formula is C23H24ClNO4. The average molecular weight is 414 g/mol. The molecule has 2 atom stereocenters. The smallest absolute Gasteiger partial charge is 0.197 e. The molecular weight excluding hydrogens is 390 g/mol. The van der Waals surface area contributed by atoms with Crippen molar-refractivity contribution in [3.63, 3.8) is 0 Å². The van der Waals surface area contributed by atoms with E-state index in [2.05, 4.69) is 4.90 Å². The van der Waals surface area contributed by atoms with Gasteiger partial charge in [0.2, 0.25) is 0 Å². The highest BCUT2D eigenvalue weighted by Crippen LogP contribution is 2.40. The lowest BCUT2D eigenvalue weighted by molar-refractivity contribution is 0.0637. The Morgan fingerprint density at radius 1 is 1.28 bits per heavy atom. The number of aryl methyl sites for hydroxylation is 1. The molecule has 1 aromatic heterocycles. The Balaban J connectivity index is 2.01. The zero-order valence-corrected chi connectivity index (χ0v) is 17.5. The normalized spacial score (nSPS) is 20.2. The number of likely N-dealkylation sites (tertiary alicyclic amines) is 1. The first kappa shape index (κ1) is 20.0. The Bertz CT molecular complexity index is 1120. The Morgan fingerprint density at radius 2 is 2.03 bits per heavy atom. The number of rotatable bonds is 3. The summed E-state index contributed by atoms with van der Waals surface area (Å²) in [6.45, 7) is 3.40. The molecule has 4 rings (SSSR count). The van der Waals surface area contributed by atoms with E-state index in [0.29, 0.717) is 39.6 Å². The average Bonchev–Trinajstić information content (AvgIpc) is 2.68. The molecule has 0 spiro atoms. The standard InChI is InChI=1S/C23H24ClNO4/c1-13-10-20(28-3)22-17(26)11-19(14-6-4-5-7-16(14)24)29-23(22)21(13)15-8-9-25(2)12-18(15)27/h4-7,10-11,15,18,27H,8-9,12H2,1-3H3/t15?,18-/m1/s1. The monoisotopic (exact) mass is 413 g/mol. The van der Waals surface area contributed by atoms with E-state index in [1.807, 2.05) is 38.2 Å². The molecule has 29 heavy (non-hydrogen) atoms. The first-order valence-electron chi connectivity index (χ1n) is 9.67. The lowest BCUT2D eigenvalue weighted by Crippen LogP contribution is -2.40. The first-order chi connectivity index (χ1) is 13.9. The summed E-state index contributed by atoms with van der Waals surface area (Å²) in [5.41, 5.74) is 2.73. The number of hydrogen-bond donors (Lipinski definition) is 1. The van der Waals surface area contributed by atoms with Crippen LogP contribution >= 0.6 is 11.6 Å². The molecule has 1 N–H and O–H groups in total. The van der Waals surface area contributed by atoms with Crippen LogP contribution in [0, 0.1) is 6.92 Å². The van der Waals surface area contributed by atoms with Crippen LogP contribution in [0.1, 0.15) is 23.5 Å². The SMILES string of the molecule is COc1cc(C)c(C2CCN(C)C[C@H]2O)c2oc(-c3ccccc3Cl)cc(=O)c12. The number of halogens is 1. The van der Waals surface area contributed by atoms with Crippen molar-refractivity contribution in [3.8, 4) is 17.1 Å². The van der Waals surface area contributed by atoms with Gasteiger partial charge in [0.05, 0.1) is 18.2 Å². The van der Waals surface area contributed by atoms with Crippen molar-refractivity contribution in [1.82, 2.24) is 4.90 Å². The zero-order valence-electron chi connectivity index (χ0n) is 16.7. The summed E-state index contributed by atoms with van der Waals surface area (Å²) in [6, 6.07) is 10.6. The highest BCUT2D eigenvalue weighted by Gasteiger charge is 2.32. The fraction of sp³-hybridized carbons (Fsp3) is 0.348. The van der Waals surface area contributed by atoms with Gasteiger partial charge in [-0.15, -0.1) is 0 Å². The summed E-state index contributed by atoms with van der Waals surface area (Å²) in [4.78, 5) is 15.2. The van der Waals surface area contributed by atoms with Gasteiger partial charge in [-0.3, -0.25) is 4.79 Å². The van der Waals surface area contributed by atoms with Crippen molar-refractivity contribution in [2.75, 3.05) is 27.2 Å². The number of benzene rings is 2. The van der Waals surface area contributed by atoms with E-state index in [1.54, 1.807) is 13.2 Å². The number of hydrogen-bond acceptors (Lipinski definition) is 5. The number of piperidine rings is 1. The van der Waals surface area contributed by atoms with Crippen LogP contribution in [0.5, 0.6) is 5.75 Å². The van der Waals surface area contributed by atoms with Crippen LogP contribution < -0.4 is 10.2 Å². The summed E-state index contributed by atoms with van der Waals surface area (Å²) in [5.74, 6) is 0.761. The van der Waals surface area contributed by atoms with E-state index < -0.39 is 6.10 Å². The molecule has 0 saturated carbocycles. The van der Waals surface area contributed by atoms with E-state index in [9.17, 15) is 9.90 Å². The molecule has 6 heteroatoms. The second-order valence-electron chi connectivity index (χ2n) is 7.69. The van der Waals surface area contributed by atoms with E-state index >= 15 is 0 Å². The predicted molar refractivity (Wildman–Crippen MR) is 115 cm³/mol. The van der Waals surface area contributed by atoms with E-state index in [4.69, 9.17) is 20.8 Å². The highest BCUT2D eigenvalue weighted by atomic mass is 35.5. The molecule has 0 radical (unpaired) electrons. The summed E-state index contributed by atoms with van der Waals surface area (Å²) in [6.07, 6.45) is 0.235. The third-order valence-electron chi connectivity index (χ3n) is 5.73. The number of ether oxygens (including phenoxy) is 1. The molecule has 0 aliphatic carbocycles. The van der Waals surface area contributed by atoms with E-state index in [0.717, 1.165) is 24.1 Å². The molecule has 2 aromatic carbocycles. The van der Waals surface area contributed by atoms with Gasteiger partial charge in [-0.1, -0.05) is 23.7 Å². The fourth-order valence-corrected chi connectivity index (χ4v) is 4.51. The van der Waals surface area contributed by atoms with Gasteiger partial charge in [0.15, 0.2) is 5.43 Å². The second-order valence-corrected chi connectivity index (χ2v) is 8.10. The minimum Gasteiger partial charge on any atom is -0.496 e. The summed E-state index contributed by atoms with van der Waals surface area (Å²) in [7, 11) is 3.54. The molecule has 3 aromatic rings. The Kier molecular flexibility index (Phi) is 5.38. The van der Waals surface area contributed by atoms with Gasteiger partial charge in [0.25, 0.3) is 0 Å². The molecule has 1 aliphatic heterocycles. The minimum atomic E-state index is -0.543. The molecule has 1 saturated heterocycles. The lowest BCUT2D eigenvalue weighted by atomic mass is 9.83. The third-order valence-corrected chi connectivity index (χ3v) is 6.06. The van der Waals surface area contributed by atoms with Crippen LogP contribution in [0.2, 0.25) is 5.02 Å². The Labute approximate surface area is 174 Å². The van der Waals surface area contributed by atoms with Gasteiger partial charge >= 0.3 is 0 Å². The van der Waals surface area contributed by atoms with Crippen LogP contribution in [-0.2, 0) is 0 Å². The van der Waals surface area contributed by atoms with Gasteiger partial charge in [-0.25, -0.2) is 0 Å². The molecule has 1 aliphatic rings. The number of likely N-dealkylation sites (N-methyl/N-ethyl adjacent to an activating group) is 1. The molecule has 1 unspecified atom stereocenters. The maximum atomic E-state index is 13.1. The maximum Gasteiger partial charge on any atom is 0.197 e. The third kappa shape index (κ3) is 3.54. The molecule has 152 valence electrons. The number of methoxy groups -OCH3 is 1. The summed E-state index contributed by atoms with van der Waals surface area (Å²) in [5, 5.41) is 11.7. The van der Waals surface area contributed by atoms with Crippen molar-refractivity contribution in [3.05, 3.63) is 62.8 Å². The van der Waals surface area contributed by atoms with Crippen molar-refractivity contribution in [1.29, 1.82) is 0 Å². The molecule has 2 heterocycles. The Morgan fingerprint density at radius 3 is 2.72 bits per heavy atom. The van der Waals surface area contributed by atoms with Crippen molar-refractivity contribution < 1.29 is 14.3 Å². The van der Waals surface area contributed by atoms with Crippen LogP contribution in [0.25, 0.3) is 22.3 Å². The largest absolute Gasteiger partial charge is 0.496 e. The van der Waals surface area contributed by atoms with Gasteiger partial charge in [-0.05, 0) is 50.7 Å². The summed E-state index contributed by atoms with van der Waals surface area (Å²) >= 11 is 6.35. The van der Waals surface area contributed by atoms with Crippen LogP contribution in [0.3, 0.4) is 0 Å². The van der Waals surface area contributed by atoms with Crippen LogP contribution in [-0.4, -0.2) is 43.4 Å². The number of fused-ring (bicyclic) bond motifs is 1. The van der Waals surface area contributed by atoms with Crippen LogP contribution in [0.15, 0.2) is 45.6 Å². The molecule has 1 fully saturated rings. The van der Waals surface area contributed by atoms with E-state index in [1.165, 1.54) is 6.07 Å². The van der Waals surface area contributed by atoms with E-state index in [-0.39, 0.29) is 11.3 Å². The quantitative estimate of drug-likeness (QED) is 0.696. The maximum absolute atomic E-state index is 13.1.